The van der Waals surface area contributed by atoms with E-state index in [4.69, 9.17) is 11.6 Å². The van der Waals surface area contributed by atoms with E-state index in [-0.39, 0.29) is 22.2 Å². The van der Waals surface area contributed by atoms with Crippen molar-refractivity contribution in [3.8, 4) is 5.75 Å². The molecule has 0 bridgehead atoms. The smallest absolute Gasteiger partial charge is 0.255 e. The topological polar surface area (TPSA) is 49.3 Å². The lowest BCUT2D eigenvalue weighted by Gasteiger charge is -2.06. The Morgan fingerprint density at radius 1 is 1.53 bits per heavy atom. The van der Waals surface area contributed by atoms with Gasteiger partial charge in [0, 0.05) is 6.54 Å². The second-order valence-corrected chi connectivity index (χ2v) is 3.65. The zero-order chi connectivity index (χ0) is 11.3. The van der Waals surface area contributed by atoms with Gasteiger partial charge in [0.2, 0.25) is 0 Å². The number of hydrogen-bond acceptors (Lipinski definition) is 2. The summed E-state index contributed by atoms with van der Waals surface area (Å²) in [6.07, 6.45) is 1.94. The number of aromatic hydroxyl groups is 1. The van der Waals surface area contributed by atoms with Gasteiger partial charge in [-0.25, -0.2) is 0 Å². The molecule has 0 unspecified atom stereocenters. The third kappa shape index (κ3) is 3.13. The van der Waals surface area contributed by atoms with Crippen LogP contribution in [-0.2, 0) is 0 Å². The van der Waals surface area contributed by atoms with Crippen molar-refractivity contribution in [3.63, 3.8) is 0 Å². The number of phenolic OH excluding ortho intramolecular Hbond substituents is 1. The minimum atomic E-state index is -0.288. The highest BCUT2D eigenvalue weighted by atomic mass is 35.5. The summed E-state index contributed by atoms with van der Waals surface area (Å²) >= 11 is 5.69. The third-order valence-electron chi connectivity index (χ3n) is 2.05. The van der Waals surface area contributed by atoms with Gasteiger partial charge in [-0.2, -0.15) is 0 Å². The van der Waals surface area contributed by atoms with Crippen molar-refractivity contribution in [3.05, 3.63) is 28.8 Å². The number of benzene rings is 1. The molecule has 1 amide bonds. The fraction of sp³-hybridized carbons (Fsp3) is 0.364. The number of nitrogens with one attached hydrogen (secondary N) is 1. The Hall–Kier alpha value is -1.22. The number of para-hydroxylation sites is 1. The minimum absolute atomic E-state index is 0.159. The zero-order valence-electron chi connectivity index (χ0n) is 8.59. The van der Waals surface area contributed by atoms with Crippen LogP contribution in [0.4, 0.5) is 0 Å². The van der Waals surface area contributed by atoms with Crippen molar-refractivity contribution in [1.82, 2.24) is 5.32 Å². The van der Waals surface area contributed by atoms with Crippen molar-refractivity contribution >= 4 is 17.5 Å². The molecule has 0 spiro atoms. The second kappa shape index (κ2) is 5.61. The molecule has 1 aromatic rings. The Kier molecular flexibility index (Phi) is 4.43. The van der Waals surface area contributed by atoms with E-state index in [9.17, 15) is 9.90 Å². The number of halogens is 1. The van der Waals surface area contributed by atoms with E-state index in [1.165, 1.54) is 0 Å². The Morgan fingerprint density at radius 2 is 2.27 bits per heavy atom. The maximum atomic E-state index is 11.6. The monoisotopic (exact) mass is 227 g/mol. The fourth-order valence-electron chi connectivity index (χ4n) is 1.17. The predicted molar refractivity (Wildman–Crippen MR) is 60.4 cm³/mol. The SMILES string of the molecule is CCCCNC(=O)c1cccc(Cl)c1O. The first-order valence-corrected chi connectivity index (χ1v) is 5.30. The third-order valence-corrected chi connectivity index (χ3v) is 2.35. The Balaban J connectivity index is 2.69. The van der Waals surface area contributed by atoms with Crippen LogP contribution in [0.5, 0.6) is 5.75 Å². The summed E-state index contributed by atoms with van der Waals surface area (Å²) < 4.78 is 0. The van der Waals surface area contributed by atoms with Gasteiger partial charge >= 0.3 is 0 Å². The molecule has 0 aliphatic heterocycles. The highest BCUT2D eigenvalue weighted by Crippen LogP contribution is 2.26. The van der Waals surface area contributed by atoms with Gasteiger partial charge < -0.3 is 10.4 Å². The molecule has 4 heteroatoms. The molecule has 0 radical (unpaired) electrons. The van der Waals surface area contributed by atoms with E-state index in [0.717, 1.165) is 12.8 Å². The molecule has 15 heavy (non-hydrogen) atoms. The number of rotatable bonds is 4. The molecule has 3 nitrogen and oxygen atoms in total. The van der Waals surface area contributed by atoms with Crippen LogP contribution in [0, 0.1) is 0 Å². The van der Waals surface area contributed by atoms with Crippen LogP contribution in [0.2, 0.25) is 5.02 Å². The molecule has 2 N–H and O–H groups in total. The van der Waals surface area contributed by atoms with Crippen LogP contribution in [0.25, 0.3) is 0 Å². The molecule has 1 aromatic carbocycles. The van der Waals surface area contributed by atoms with Gasteiger partial charge in [-0.3, -0.25) is 4.79 Å². The van der Waals surface area contributed by atoms with E-state index < -0.39 is 0 Å². The van der Waals surface area contributed by atoms with E-state index in [1.807, 2.05) is 6.92 Å². The van der Waals surface area contributed by atoms with Crippen LogP contribution in [-0.4, -0.2) is 17.6 Å². The first-order chi connectivity index (χ1) is 7.16. The summed E-state index contributed by atoms with van der Waals surface area (Å²) in [5.74, 6) is -0.448. The molecule has 0 aliphatic rings. The molecular weight excluding hydrogens is 214 g/mol. The zero-order valence-corrected chi connectivity index (χ0v) is 9.34. The van der Waals surface area contributed by atoms with Gasteiger partial charge in [-0.1, -0.05) is 31.0 Å². The fourth-order valence-corrected chi connectivity index (χ4v) is 1.35. The summed E-state index contributed by atoms with van der Waals surface area (Å²) in [4.78, 5) is 11.6. The standard InChI is InChI=1S/C11H14ClNO2/c1-2-3-7-13-11(15)8-5-4-6-9(12)10(8)14/h4-6,14H,2-3,7H2,1H3,(H,13,15). The molecule has 0 fully saturated rings. The quantitative estimate of drug-likeness (QED) is 0.777. The first kappa shape index (κ1) is 11.9. The van der Waals surface area contributed by atoms with Crippen molar-refractivity contribution in [2.24, 2.45) is 0 Å². The average molecular weight is 228 g/mol. The highest BCUT2D eigenvalue weighted by Gasteiger charge is 2.12. The first-order valence-electron chi connectivity index (χ1n) is 4.92. The van der Waals surface area contributed by atoms with Crippen LogP contribution >= 0.6 is 11.6 Å². The molecule has 0 saturated heterocycles. The summed E-state index contributed by atoms with van der Waals surface area (Å²) in [7, 11) is 0. The van der Waals surface area contributed by atoms with Gasteiger partial charge in [0.15, 0.2) is 0 Å². The van der Waals surface area contributed by atoms with Crippen molar-refractivity contribution in [2.45, 2.75) is 19.8 Å². The molecule has 0 saturated carbocycles. The number of carbonyl (C=O) groups excluding carboxylic acids is 1. The molecule has 0 atom stereocenters. The molecule has 82 valence electrons. The molecular formula is C11H14ClNO2. The number of phenols is 1. The van der Waals surface area contributed by atoms with E-state index in [1.54, 1.807) is 18.2 Å². The number of amides is 1. The average Bonchev–Trinajstić information content (AvgIpc) is 2.22. The molecule has 0 heterocycles. The number of carbonyl (C=O) groups is 1. The van der Waals surface area contributed by atoms with Gasteiger partial charge in [0.1, 0.15) is 5.75 Å². The Bertz CT molecular complexity index is 352. The Labute approximate surface area is 94.1 Å². The van der Waals surface area contributed by atoms with E-state index in [2.05, 4.69) is 5.32 Å². The van der Waals surface area contributed by atoms with E-state index in [0.29, 0.717) is 6.54 Å². The van der Waals surface area contributed by atoms with Crippen molar-refractivity contribution in [2.75, 3.05) is 6.54 Å². The summed E-state index contributed by atoms with van der Waals surface area (Å²) in [5.41, 5.74) is 0.221. The highest BCUT2D eigenvalue weighted by molar-refractivity contribution is 6.32. The predicted octanol–water partition coefficient (Wildman–Crippen LogP) is 2.58. The van der Waals surface area contributed by atoms with E-state index >= 15 is 0 Å². The summed E-state index contributed by atoms with van der Waals surface area (Å²) in [5, 5.41) is 12.4. The van der Waals surface area contributed by atoms with Crippen LogP contribution in [0.1, 0.15) is 30.1 Å². The summed E-state index contributed by atoms with van der Waals surface area (Å²) in [6, 6.07) is 4.72. The lowest BCUT2D eigenvalue weighted by Crippen LogP contribution is -2.24. The van der Waals surface area contributed by atoms with Crippen LogP contribution < -0.4 is 5.32 Å². The molecule has 1 rings (SSSR count). The van der Waals surface area contributed by atoms with Gasteiger partial charge in [0.25, 0.3) is 5.91 Å². The van der Waals surface area contributed by atoms with Gasteiger partial charge in [0.05, 0.1) is 10.6 Å². The minimum Gasteiger partial charge on any atom is -0.506 e. The van der Waals surface area contributed by atoms with Crippen molar-refractivity contribution < 1.29 is 9.90 Å². The Morgan fingerprint density at radius 3 is 2.93 bits per heavy atom. The summed E-state index contributed by atoms with van der Waals surface area (Å²) in [6.45, 7) is 2.66. The van der Waals surface area contributed by atoms with Gasteiger partial charge in [-0.15, -0.1) is 0 Å². The lowest BCUT2D eigenvalue weighted by atomic mass is 10.2. The second-order valence-electron chi connectivity index (χ2n) is 3.25. The lowest BCUT2D eigenvalue weighted by molar-refractivity contribution is 0.0950. The van der Waals surface area contributed by atoms with Gasteiger partial charge in [-0.05, 0) is 18.6 Å². The number of hydrogen-bond donors (Lipinski definition) is 2. The molecule has 0 aliphatic carbocycles. The molecule has 0 aromatic heterocycles. The van der Waals surface area contributed by atoms with Crippen molar-refractivity contribution in [1.29, 1.82) is 0 Å². The maximum Gasteiger partial charge on any atom is 0.255 e. The maximum absolute atomic E-state index is 11.6. The van der Waals surface area contributed by atoms with Crippen LogP contribution in [0.15, 0.2) is 18.2 Å². The van der Waals surface area contributed by atoms with Crippen LogP contribution in [0.3, 0.4) is 0 Å². The largest absolute Gasteiger partial charge is 0.506 e. The normalized spacial score (nSPS) is 10.0. The number of unbranched alkanes of at least 4 members (excludes halogenated alkanes) is 1.